The number of amides is 11. The molecule has 0 radical (unpaired) electrons. The Labute approximate surface area is 743 Å². The summed E-state index contributed by atoms with van der Waals surface area (Å²) in [6, 6.07) is 67.7. The Morgan fingerprint density at radius 1 is 0.244 bits per heavy atom. The smallest absolute Gasteiger partial charge is 0.261 e. The Bertz CT molecular complexity index is 8370. The van der Waals surface area contributed by atoms with Crippen LogP contribution < -0.4 is 9.47 Å². The first-order valence-corrected chi connectivity index (χ1v) is 43.9. The number of benzene rings is 19. The number of phenols is 2. The molecule has 19 aromatic carbocycles. The highest BCUT2D eigenvalue weighted by Gasteiger charge is 2.44. The molecular formula is C110H72N6O15. The molecule has 0 saturated carbocycles. The second-order valence-electron chi connectivity index (χ2n) is 35.8. The molecule has 0 unspecified atom stereocenters. The van der Waals surface area contributed by atoms with Crippen LogP contribution >= 0.6 is 0 Å². The number of aromatic hydroxyl groups is 2. The fourth-order valence-electron chi connectivity index (χ4n) is 22.2. The van der Waals surface area contributed by atoms with Gasteiger partial charge < -0.3 is 24.6 Å². The minimum absolute atomic E-state index is 0.00286. The van der Waals surface area contributed by atoms with Crippen molar-refractivity contribution < 1.29 is 72.4 Å². The lowest BCUT2D eigenvalue weighted by Crippen LogP contribution is -2.44. The SMILES string of the molecule is CC(C)N1C(=O)c2ccc3c4ccc5c6c(ccc(c7ccc(c2c37)C1=O)c64)C(=O)N(CCc1ccc(Oc2cc3c4c(ccc6c7c(Oc8ccc(CCN9C(=O)c%10ccc%11c%12ccc%13c%14c(ccc(c%15ccc(c%10c%11%15)C9=O)c%14%12)C(=O)N(C(C)C)C%13=O)cc8)cc8c9c(ccc(c2c46)c97)C(=O)N(CCc2ccc(O)cc2)C8=O)C(=O)N(CCc2ccc(O)cc2)C3)cc1)C5=O. The van der Waals surface area contributed by atoms with E-state index in [1.165, 1.54) is 24.5 Å². The molecule has 2 N–H and O–H groups in total. The summed E-state index contributed by atoms with van der Waals surface area (Å²) in [5, 5.41) is 36.7. The van der Waals surface area contributed by atoms with Gasteiger partial charge in [-0.05, 0) is 278 Å². The molecule has 11 amide bonds. The molecular weight excluding hydrogens is 1650 g/mol. The molecule has 6 aliphatic heterocycles. The van der Waals surface area contributed by atoms with Crippen LogP contribution in [0.4, 0.5) is 0 Å². The molecule has 0 saturated heterocycles. The van der Waals surface area contributed by atoms with Crippen molar-refractivity contribution in [1.82, 2.24) is 29.4 Å². The maximum absolute atomic E-state index is 15.6. The first-order valence-electron chi connectivity index (χ1n) is 43.9. The number of rotatable bonds is 18. The summed E-state index contributed by atoms with van der Waals surface area (Å²) < 4.78 is 14.4. The molecule has 21 nitrogen and oxygen atoms in total. The van der Waals surface area contributed by atoms with Gasteiger partial charge in [0.05, 0.1) is 5.56 Å². The summed E-state index contributed by atoms with van der Waals surface area (Å²) in [5.41, 5.74) is 8.23. The highest BCUT2D eigenvalue weighted by atomic mass is 16.5. The van der Waals surface area contributed by atoms with Crippen LogP contribution in [0.3, 0.4) is 0 Å². The molecule has 0 aromatic heterocycles. The molecule has 6 heterocycles. The molecule has 0 aliphatic carbocycles. The van der Waals surface area contributed by atoms with Crippen molar-refractivity contribution >= 4 is 194 Å². The van der Waals surface area contributed by atoms with E-state index in [9.17, 15) is 48.6 Å². The van der Waals surface area contributed by atoms with Gasteiger partial charge in [0.25, 0.3) is 65.0 Å². The van der Waals surface area contributed by atoms with Gasteiger partial charge in [0.15, 0.2) is 0 Å². The van der Waals surface area contributed by atoms with Crippen molar-refractivity contribution in [2.24, 2.45) is 0 Å². The van der Waals surface area contributed by atoms with E-state index in [0.717, 1.165) is 92.5 Å². The van der Waals surface area contributed by atoms with E-state index in [0.29, 0.717) is 145 Å². The lowest BCUT2D eigenvalue weighted by molar-refractivity contribution is 0.0547. The van der Waals surface area contributed by atoms with E-state index in [4.69, 9.17) is 9.47 Å². The van der Waals surface area contributed by atoms with Gasteiger partial charge >= 0.3 is 0 Å². The van der Waals surface area contributed by atoms with Crippen molar-refractivity contribution in [2.75, 3.05) is 26.2 Å². The average molecular weight is 1720 g/mol. The summed E-state index contributed by atoms with van der Waals surface area (Å²) in [6.45, 7) is 7.84. The molecule has 0 bridgehead atoms. The van der Waals surface area contributed by atoms with Crippen LogP contribution in [0.25, 0.3) is 129 Å². The van der Waals surface area contributed by atoms with Gasteiger partial charge in [-0.15, -0.1) is 0 Å². The molecule has 131 heavy (non-hydrogen) atoms. The number of fused-ring (bicyclic) bond motifs is 6. The number of phenolic OH excluding ortho intramolecular Hbond substituents is 2. The third-order valence-electron chi connectivity index (χ3n) is 28.2. The first-order chi connectivity index (χ1) is 63.5. The number of nitrogens with zero attached hydrogens (tertiary/aromatic N) is 6. The molecule has 25 rings (SSSR count). The van der Waals surface area contributed by atoms with Gasteiger partial charge in [-0.3, -0.25) is 77.2 Å². The average Bonchev–Trinajstić information content (AvgIpc) is 0.686. The van der Waals surface area contributed by atoms with Gasteiger partial charge in [0, 0.05) is 154 Å². The fraction of sp³-hybridized carbons (Fsp3) is 0.136. The highest BCUT2D eigenvalue weighted by molar-refractivity contribution is 6.46. The van der Waals surface area contributed by atoms with Crippen LogP contribution in [0.5, 0.6) is 34.5 Å². The monoisotopic (exact) mass is 1720 g/mol. The fourth-order valence-corrected chi connectivity index (χ4v) is 22.2. The standard InChI is InChI=1S/C110H72N6O15/c1-52(2)115-107(126)79-35-25-67-63-21-31-74-91-75(32-22-64(87(63)91)68-26-36-80(108(115)127)93(79)89(67)68)102(121)112(101(74)120)46-43-56-9-17-61(18-10-56)130-84-49-58-51-111(45-41-54-5-13-59(117)14-6-54)100(119)73-39-29-71-97-85(50-83-95-78(40-30-72(99(95)97)96(84)98(71)86(58)73)105(124)114(106(83)125)48-42-55-7-15-60(118)16-8-55)131-62-19-11-57(12-20-62)44-47-113-103(122)76-33-23-65-69-27-37-81-94-82(110(129)116(53(3)4)109(81)128)38-28-70(90(69)94)66-24-34-77(104(113)123)92(76)88(65)66/h5-40,49-50,52-53,117-118H,41-48,51H2,1-4H3. The van der Waals surface area contributed by atoms with Crippen molar-refractivity contribution in [3.63, 3.8) is 0 Å². The predicted octanol–water partition coefficient (Wildman–Crippen LogP) is 20.6. The summed E-state index contributed by atoms with van der Waals surface area (Å²) >= 11 is 0. The minimum atomic E-state index is -0.561. The molecule has 19 aromatic rings. The normalized spacial score (nSPS) is 15.1. The van der Waals surface area contributed by atoms with E-state index >= 15 is 14.4 Å². The first kappa shape index (κ1) is 76.8. The molecule has 0 fully saturated rings. The maximum atomic E-state index is 15.6. The number of carbonyl (C=O) groups excluding carboxylic acids is 11. The molecule has 632 valence electrons. The largest absolute Gasteiger partial charge is 0.508 e. The van der Waals surface area contributed by atoms with Gasteiger partial charge in [0.2, 0.25) is 0 Å². The summed E-state index contributed by atoms with van der Waals surface area (Å²) in [4.78, 5) is 170. The Hall–Kier alpha value is -16.6. The van der Waals surface area contributed by atoms with E-state index in [1.54, 1.807) is 114 Å². The van der Waals surface area contributed by atoms with Crippen LogP contribution in [0.1, 0.15) is 169 Å². The minimum Gasteiger partial charge on any atom is -0.508 e. The van der Waals surface area contributed by atoms with Crippen molar-refractivity contribution in [3.8, 4) is 34.5 Å². The Morgan fingerprint density at radius 2 is 0.496 bits per heavy atom. The Balaban J connectivity index is 0.553. The second kappa shape index (κ2) is 27.7. The van der Waals surface area contributed by atoms with Crippen molar-refractivity contribution in [3.05, 3.63) is 320 Å². The van der Waals surface area contributed by atoms with E-state index < -0.39 is 35.4 Å². The maximum Gasteiger partial charge on any atom is 0.261 e. The van der Waals surface area contributed by atoms with E-state index in [-0.39, 0.29) is 115 Å². The summed E-state index contributed by atoms with van der Waals surface area (Å²) in [7, 11) is 0. The summed E-state index contributed by atoms with van der Waals surface area (Å²) in [5.74, 6) is -2.83. The number of hydrogen-bond acceptors (Lipinski definition) is 15. The third kappa shape index (κ3) is 10.8. The zero-order chi connectivity index (χ0) is 89.2. The number of ether oxygens (including phenoxy) is 2. The van der Waals surface area contributed by atoms with Gasteiger partial charge in [-0.25, -0.2) is 0 Å². The third-order valence-corrected chi connectivity index (χ3v) is 28.2. The quantitative estimate of drug-likeness (QED) is 0.0459. The highest BCUT2D eigenvalue weighted by Crippen LogP contribution is 2.55. The predicted molar refractivity (Wildman–Crippen MR) is 499 cm³/mol. The number of imide groups is 5. The van der Waals surface area contributed by atoms with Gasteiger partial charge in [-0.1, -0.05) is 109 Å². The van der Waals surface area contributed by atoms with Gasteiger partial charge in [0.1, 0.15) is 34.5 Å². The van der Waals surface area contributed by atoms with Crippen LogP contribution in [0, 0.1) is 0 Å². The lowest BCUT2D eigenvalue weighted by Gasteiger charge is -2.32. The topological polar surface area (TPSA) is 266 Å². The van der Waals surface area contributed by atoms with Crippen molar-refractivity contribution in [2.45, 2.75) is 72.0 Å². The van der Waals surface area contributed by atoms with Crippen LogP contribution in [0.15, 0.2) is 231 Å². The van der Waals surface area contributed by atoms with Crippen LogP contribution in [0.2, 0.25) is 0 Å². The molecule has 21 heteroatoms. The van der Waals surface area contributed by atoms with E-state index in [1.807, 2.05) is 149 Å². The van der Waals surface area contributed by atoms with Crippen LogP contribution in [-0.4, -0.2) is 143 Å². The molecule has 0 spiro atoms. The van der Waals surface area contributed by atoms with Crippen LogP contribution in [-0.2, 0) is 32.2 Å². The van der Waals surface area contributed by atoms with Gasteiger partial charge in [-0.2, -0.15) is 0 Å². The Morgan fingerprint density at radius 3 is 0.809 bits per heavy atom. The molecule has 0 atom stereocenters. The summed E-state index contributed by atoms with van der Waals surface area (Å²) in [6.07, 6.45) is 1.31. The van der Waals surface area contributed by atoms with Crippen molar-refractivity contribution in [1.29, 1.82) is 0 Å². The number of carbonyl (C=O) groups is 11. The molecule has 6 aliphatic rings. The second-order valence-corrected chi connectivity index (χ2v) is 35.8. The lowest BCUT2D eigenvalue weighted by atomic mass is 9.81. The zero-order valence-corrected chi connectivity index (χ0v) is 70.8. The number of hydrogen-bond donors (Lipinski definition) is 2. The Kier molecular flexibility index (Phi) is 16.3. The zero-order valence-electron chi connectivity index (χ0n) is 70.8. The van der Waals surface area contributed by atoms with E-state index in [2.05, 4.69) is 0 Å².